The van der Waals surface area contributed by atoms with Gasteiger partial charge in [0.1, 0.15) is 17.3 Å². The fraction of sp³-hybridized carbons (Fsp3) is 0.450. The number of amides is 1. The number of carbonyl (C=O) groups excluding carboxylic acids is 1. The molecular formula is C20H22ClF2N3O. The summed E-state index contributed by atoms with van der Waals surface area (Å²) in [6.45, 7) is -2.44. The zero-order valence-corrected chi connectivity index (χ0v) is 15.1. The first-order chi connectivity index (χ1) is 15.9. The van der Waals surface area contributed by atoms with Crippen LogP contribution in [0, 0.1) is 12.7 Å². The van der Waals surface area contributed by atoms with Crippen LogP contribution >= 0.6 is 11.6 Å². The fourth-order valence-electron chi connectivity index (χ4n) is 2.36. The van der Waals surface area contributed by atoms with Crippen molar-refractivity contribution in [2.45, 2.75) is 44.6 Å². The average Bonchev–Trinajstić information content (AvgIpc) is 2.73. The molecule has 144 valence electrons. The first-order valence-electron chi connectivity index (χ1n) is 12.1. The lowest BCUT2D eigenvalue weighted by atomic mass is 9.88. The molecule has 4 nitrogen and oxygen atoms in total. The lowest BCUT2D eigenvalue weighted by Crippen LogP contribution is -2.44. The average molecular weight is 402 g/mol. The Balaban J connectivity index is 1.95. The van der Waals surface area contributed by atoms with Gasteiger partial charge in [-0.25, -0.2) is 18.7 Å². The minimum absolute atomic E-state index is 0.265. The Morgan fingerprint density at radius 1 is 1.44 bits per heavy atom. The maximum atomic E-state index is 16.3. The van der Waals surface area contributed by atoms with E-state index < -0.39 is 73.2 Å². The highest BCUT2D eigenvalue weighted by Crippen LogP contribution is 2.32. The summed E-state index contributed by atoms with van der Waals surface area (Å²) in [7, 11) is 0. The van der Waals surface area contributed by atoms with Crippen molar-refractivity contribution in [3.05, 3.63) is 58.4 Å². The van der Waals surface area contributed by atoms with E-state index in [0.29, 0.717) is 10.5 Å². The van der Waals surface area contributed by atoms with Crippen LogP contribution in [0.4, 0.5) is 8.78 Å². The number of piperidine rings is 1. The Morgan fingerprint density at radius 3 is 2.89 bits per heavy atom. The molecule has 2 aromatic rings. The molecule has 0 spiro atoms. The first kappa shape index (κ1) is 11.7. The van der Waals surface area contributed by atoms with E-state index >= 15 is 4.39 Å². The van der Waals surface area contributed by atoms with E-state index in [1.54, 1.807) is 6.92 Å². The van der Waals surface area contributed by atoms with Gasteiger partial charge >= 0.3 is 0 Å². The normalized spacial score (nSPS) is 29.1. The number of likely N-dealkylation sites (tertiary alicyclic amines) is 1. The van der Waals surface area contributed by atoms with Gasteiger partial charge in [0.15, 0.2) is 0 Å². The molecule has 1 atom stereocenters. The number of nitrogens with zero attached hydrogens (tertiary/aromatic N) is 3. The predicted octanol–water partition coefficient (Wildman–Crippen LogP) is 4.54. The van der Waals surface area contributed by atoms with E-state index in [2.05, 4.69) is 9.97 Å². The highest BCUT2D eigenvalue weighted by Gasteiger charge is 2.35. The van der Waals surface area contributed by atoms with Gasteiger partial charge in [-0.3, -0.25) is 4.79 Å². The summed E-state index contributed by atoms with van der Waals surface area (Å²) in [5.74, 6) is -2.35. The van der Waals surface area contributed by atoms with Crippen LogP contribution in [-0.4, -0.2) is 39.5 Å². The van der Waals surface area contributed by atoms with Crippen molar-refractivity contribution in [3.8, 4) is 0 Å². The summed E-state index contributed by atoms with van der Waals surface area (Å²) < 4.78 is 95.9. The molecule has 2 heterocycles. The molecule has 0 bridgehead atoms. The van der Waals surface area contributed by atoms with E-state index in [-0.39, 0.29) is 5.56 Å². The number of aromatic nitrogens is 2. The van der Waals surface area contributed by atoms with Gasteiger partial charge in [0, 0.05) is 48.3 Å². The monoisotopic (exact) mass is 401 g/mol. The van der Waals surface area contributed by atoms with Crippen LogP contribution in [0.5, 0.6) is 0 Å². The summed E-state index contributed by atoms with van der Waals surface area (Å²) in [5, 5.41) is -0.423. The number of carbonyl (C=O) groups is 1. The molecule has 7 heteroatoms. The fourth-order valence-corrected chi connectivity index (χ4v) is 2.54. The SMILES string of the molecule is [2H]C([2H])(CC([2H])([2H])C1(F)CCN(C(=O)c2ccc(F)c(Cl)c2)C([2H])([2H])C1([2H])[2H])c1ncc(C)cn1. The third kappa shape index (κ3) is 5.01. The van der Waals surface area contributed by atoms with Gasteiger partial charge in [-0.2, -0.15) is 0 Å². The van der Waals surface area contributed by atoms with Crippen molar-refractivity contribution in [3.63, 3.8) is 0 Å². The lowest BCUT2D eigenvalue weighted by molar-refractivity contribution is 0.0389. The number of hydrogen-bond acceptors (Lipinski definition) is 3. The minimum atomic E-state index is -3.62. The van der Waals surface area contributed by atoms with Gasteiger partial charge in [-0.05, 0) is 56.3 Å². The van der Waals surface area contributed by atoms with Crippen molar-refractivity contribution in [1.82, 2.24) is 14.9 Å². The summed E-state index contributed by atoms with van der Waals surface area (Å²) >= 11 is 5.68. The van der Waals surface area contributed by atoms with Crippen molar-refractivity contribution in [2.75, 3.05) is 13.0 Å². The molecule has 0 N–H and O–H groups in total. The van der Waals surface area contributed by atoms with Gasteiger partial charge in [0.2, 0.25) is 0 Å². The van der Waals surface area contributed by atoms with E-state index in [0.717, 1.165) is 18.2 Å². The summed E-state index contributed by atoms with van der Waals surface area (Å²) in [6.07, 6.45) is -9.07. The van der Waals surface area contributed by atoms with Crippen LogP contribution in [-0.2, 0) is 6.37 Å². The van der Waals surface area contributed by atoms with E-state index in [1.807, 2.05) is 0 Å². The molecule has 1 amide bonds. The Kier molecular flexibility index (Phi) is 3.59. The van der Waals surface area contributed by atoms with Crippen LogP contribution < -0.4 is 0 Å². The van der Waals surface area contributed by atoms with Crippen molar-refractivity contribution in [1.29, 1.82) is 0 Å². The second-order valence-electron chi connectivity index (χ2n) is 5.99. The van der Waals surface area contributed by atoms with Gasteiger partial charge in [-0.15, -0.1) is 0 Å². The molecule has 1 aromatic heterocycles. The van der Waals surface area contributed by atoms with Gasteiger partial charge in [0.25, 0.3) is 5.91 Å². The van der Waals surface area contributed by atoms with Gasteiger partial charge in [0.05, 0.1) is 5.02 Å². The largest absolute Gasteiger partial charge is 0.338 e. The molecule has 1 saturated heterocycles. The number of alkyl halides is 1. The number of benzene rings is 1. The van der Waals surface area contributed by atoms with Gasteiger partial charge < -0.3 is 4.90 Å². The molecule has 3 rings (SSSR count). The maximum Gasteiger partial charge on any atom is 0.253 e. The van der Waals surface area contributed by atoms with Crippen LogP contribution in [0.3, 0.4) is 0 Å². The maximum absolute atomic E-state index is 16.3. The Hall–Kier alpha value is -2.08. The zero-order valence-electron chi connectivity index (χ0n) is 22.4. The number of halogens is 3. The molecule has 1 fully saturated rings. The van der Waals surface area contributed by atoms with E-state index in [1.165, 1.54) is 12.4 Å². The van der Waals surface area contributed by atoms with Gasteiger partial charge in [-0.1, -0.05) is 11.6 Å². The first-order valence-corrected chi connectivity index (χ1v) is 8.50. The number of rotatable bonds is 5. The Morgan fingerprint density at radius 2 is 2.19 bits per heavy atom. The molecule has 0 radical (unpaired) electrons. The zero-order chi connectivity index (χ0) is 26.6. The molecule has 1 unspecified atom stereocenters. The van der Waals surface area contributed by atoms with Crippen molar-refractivity contribution < 1.29 is 24.5 Å². The summed E-state index contributed by atoms with van der Waals surface area (Å²) in [5.41, 5.74) is -3.20. The number of aryl methyl sites for hydroxylation is 2. The molecule has 1 aliphatic heterocycles. The topological polar surface area (TPSA) is 46.1 Å². The molecule has 0 aliphatic carbocycles. The molecule has 27 heavy (non-hydrogen) atoms. The molecule has 1 aromatic carbocycles. The number of hydrogen-bond donors (Lipinski definition) is 0. The highest BCUT2D eigenvalue weighted by molar-refractivity contribution is 6.31. The quantitative estimate of drug-likeness (QED) is 0.738. The minimum Gasteiger partial charge on any atom is -0.338 e. The Labute approximate surface area is 173 Å². The van der Waals surface area contributed by atoms with E-state index in [4.69, 9.17) is 22.6 Å². The van der Waals surface area contributed by atoms with Crippen LogP contribution in [0.2, 0.25) is 5.02 Å². The highest BCUT2D eigenvalue weighted by atomic mass is 35.5. The Bertz CT molecular complexity index is 1140. The third-order valence-corrected chi connectivity index (χ3v) is 4.17. The predicted molar refractivity (Wildman–Crippen MR) is 100 cm³/mol. The summed E-state index contributed by atoms with van der Waals surface area (Å²) in [4.78, 5) is 21.0. The standard InChI is InChI=1S/C20H22ClF2N3O/c1-14-12-24-18(25-13-14)3-2-6-20(23)7-9-26(10-8-20)19(27)15-4-5-17(22)16(21)11-15/h4-5,11-13H,2-3,6-10H2,1H3/i3D2,6D2,7D2,9D2. The van der Waals surface area contributed by atoms with E-state index in [9.17, 15) is 9.18 Å². The molecule has 1 aliphatic rings. The van der Waals surface area contributed by atoms with Crippen LogP contribution in [0.25, 0.3) is 0 Å². The summed E-state index contributed by atoms with van der Waals surface area (Å²) in [6, 6.07) is 2.82. The van der Waals surface area contributed by atoms with Crippen LogP contribution in [0.15, 0.2) is 30.6 Å². The van der Waals surface area contributed by atoms with Crippen molar-refractivity contribution in [2.24, 2.45) is 0 Å². The van der Waals surface area contributed by atoms with Crippen LogP contribution in [0.1, 0.15) is 58.3 Å². The molecule has 0 saturated carbocycles. The van der Waals surface area contributed by atoms with Crippen molar-refractivity contribution >= 4 is 17.5 Å². The molecular weight excluding hydrogens is 372 g/mol. The smallest absolute Gasteiger partial charge is 0.253 e. The lowest BCUT2D eigenvalue weighted by Gasteiger charge is -2.36. The third-order valence-electron chi connectivity index (χ3n) is 3.88. The second kappa shape index (κ2) is 8.30. The second-order valence-corrected chi connectivity index (χ2v) is 6.40.